The van der Waals surface area contributed by atoms with Crippen molar-refractivity contribution in [1.29, 1.82) is 0 Å². The largest absolute Gasteiger partial charge is 0.394 e. The van der Waals surface area contributed by atoms with Crippen LogP contribution in [0.3, 0.4) is 0 Å². The Morgan fingerprint density at radius 2 is 0.909 bits per heavy atom. The smallest absolute Gasteiger partial charge is 0.249 e. The Hall–Kier alpha value is -0.850. The molecule has 0 radical (unpaired) electrons. The van der Waals surface area contributed by atoms with Gasteiger partial charge >= 0.3 is 0 Å². The maximum atomic E-state index is 13.0. The molecule has 0 aliphatic carbocycles. The van der Waals surface area contributed by atoms with Crippen LogP contribution in [-0.4, -0.2) is 98.7 Å². The van der Waals surface area contributed by atoms with Crippen LogP contribution in [0.1, 0.15) is 219 Å². The van der Waals surface area contributed by atoms with Crippen molar-refractivity contribution in [3.63, 3.8) is 0 Å². The molecule has 55 heavy (non-hydrogen) atoms. The summed E-state index contributed by atoms with van der Waals surface area (Å²) in [6.07, 6.45) is 28.6. The lowest BCUT2D eigenvalue weighted by atomic mass is 9.99. The van der Waals surface area contributed by atoms with E-state index in [1.165, 1.54) is 154 Å². The van der Waals surface area contributed by atoms with Crippen LogP contribution in [0.25, 0.3) is 0 Å². The molecule has 1 aliphatic heterocycles. The molecule has 0 aromatic heterocycles. The standard InChI is InChI=1S/C45H89NO9/c1-3-5-7-9-11-13-15-17-19-20-22-24-26-28-30-32-34-39(49)44(53)46-37(36-54-45-43(52)42(51)41(50)40(35-47)55-45)38(48)33-31-29-27-25-23-21-18-16-14-12-10-8-6-4-2/h37-43,45,47-52H,3-36H2,1-2H3,(H,46,53). The Morgan fingerprint density at radius 1 is 0.545 bits per heavy atom. The minimum atomic E-state index is -1.59. The van der Waals surface area contributed by atoms with Crippen LogP contribution < -0.4 is 5.32 Å². The molecule has 1 saturated heterocycles. The topological polar surface area (TPSA) is 169 Å². The van der Waals surface area contributed by atoms with E-state index in [0.717, 1.165) is 38.5 Å². The first-order valence-electron chi connectivity index (χ1n) is 23.3. The maximum absolute atomic E-state index is 13.0. The minimum absolute atomic E-state index is 0.250. The molecule has 0 spiro atoms. The van der Waals surface area contributed by atoms with E-state index >= 15 is 0 Å². The van der Waals surface area contributed by atoms with Crippen molar-refractivity contribution in [2.75, 3.05) is 13.2 Å². The zero-order chi connectivity index (χ0) is 40.4. The summed E-state index contributed by atoms with van der Waals surface area (Å²) in [7, 11) is 0. The molecule has 0 aromatic carbocycles. The van der Waals surface area contributed by atoms with Crippen molar-refractivity contribution >= 4 is 5.91 Å². The number of aliphatic hydroxyl groups is 6. The Morgan fingerprint density at radius 3 is 1.29 bits per heavy atom. The molecular formula is C45H89NO9. The predicted octanol–water partition coefficient (Wildman–Crippen LogP) is 8.53. The normalized spacial score (nSPS) is 21.8. The fourth-order valence-electron chi connectivity index (χ4n) is 7.70. The van der Waals surface area contributed by atoms with Gasteiger partial charge in [0.05, 0.1) is 25.4 Å². The number of hydrogen-bond donors (Lipinski definition) is 7. The molecule has 328 valence electrons. The minimum Gasteiger partial charge on any atom is -0.394 e. The third kappa shape index (κ3) is 26.7. The van der Waals surface area contributed by atoms with Crippen molar-refractivity contribution in [2.45, 2.75) is 268 Å². The van der Waals surface area contributed by atoms with E-state index in [2.05, 4.69) is 19.2 Å². The zero-order valence-corrected chi connectivity index (χ0v) is 35.6. The van der Waals surface area contributed by atoms with Gasteiger partial charge in [-0.1, -0.05) is 206 Å². The molecule has 0 saturated carbocycles. The first-order chi connectivity index (χ1) is 26.8. The van der Waals surface area contributed by atoms with Crippen molar-refractivity contribution in [2.24, 2.45) is 0 Å². The highest BCUT2D eigenvalue weighted by molar-refractivity contribution is 5.80. The van der Waals surface area contributed by atoms with Crippen LogP contribution in [0.5, 0.6) is 0 Å². The van der Waals surface area contributed by atoms with Crippen LogP contribution in [0.4, 0.5) is 0 Å². The number of ether oxygens (including phenoxy) is 2. The first kappa shape index (κ1) is 52.2. The summed E-state index contributed by atoms with van der Waals surface area (Å²) in [6.45, 7) is 3.68. The van der Waals surface area contributed by atoms with Crippen molar-refractivity contribution in [3.05, 3.63) is 0 Å². The van der Waals surface area contributed by atoms with Gasteiger partial charge in [0.25, 0.3) is 0 Å². The Kier molecular flexibility index (Phi) is 34.4. The number of carbonyl (C=O) groups excluding carboxylic acids is 1. The summed E-state index contributed by atoms with van der Waals surface area (Å²) in [5, 5.41) is 64.8. The lowest BCUT2D eigenvalue weighted by molar-refractivity contribution is -0.302. The van der Waals surface area contributed by atoms with E-state index in [1.807, 2.05) is 0 Å². The van der Waals surface area contributed by atoms with Gasteiger partial charge in [0.2, 0.25) is 5.91 Å². The molecule has 8 atom stereocenters. The van der Waals surface area contributed by atoms with Crippen LogP contribution in [0, 0.1) is 0 Å². The molecule has 1 aliphatic rings. The van der Waals surface area contributed by atoms with Crippen molar-refractivity contribution in [1.82, 2.24) is 5.32 Å². The van der Waals surface area contributed by atoms with Crippen molar-refractivity contribution in [3.8, 4) is 0 Å². The number of hydrogen-bond acceptors (Lipinski definition) is 9. The molecule has 1 rings (SSSR count). The summed E-state index contributed by atoms with van der Waals surface area (Å²) in [6, 6.07) is -0.887. The van der Waals surface area contributed by atoms with Crippen LogP contribution in [-0.2, 0) is 14.3 Å². The van der Waals surface area contributed by atoms with E-state index in [-0.39, 0.29) is 6.61 Å². The third-order valence-electron chi connectivity index (χ3n) is 11.6. The van der Waals surface area contributed by atoms with Gasteiger partial charge in [-0.25, -0.2) is 0 Å². The highest BCUT2D eigenvalue weighted by Crippen LogP contribution is 2.23. The molecular weight excluding hydrogens is 698 g/mol. The number of amides is 1. The second kappa shape index (κ2) is 36.2. The van der Waals surface area contributed by atoms with Gasteiger partial charge in [-0.15, -0.1) is 0 Å². The quantitative estimate of drug-likeness (QED) is 0.0302. The van der Waals surface area contributed by atoms with E-state index in [0.29, 0.717) is 12.8 Å². The molecule has 0 aromatic rings. The van der Waals surface area contributed by atoms with E-state index in [9.17, 15) is 35.4 Å². The predicted molar refractivity (Wildman–Crippen MR) is 223 cm³/mol. The van der Waals surface area contributed by atoms with Gasteiger partial charge in [0, 0.05) is 0 Å². The van der Waals surface area contributed by atoms with Gasteiger partial charge in [0.15, 0.2) is 6.29 Å². The maximum Gasteiger partial charge on any atom is 0.249 e. The Bertz CT molecular complexity index is 849. The second-order valence-corrected chi connectivity index (χ2v) is 16.7. The first-order valence-corrected chi connectivity index (χ1v) is 23.3. The van der Waals surface area contributed by atoms with Gasteiger partial charge in [0.1, 0.15) is 30.5 Å². The summed E-state index contributed by atoms with van der Waals surface area (Å²) in [5.41, 5.74) is 0. The Labute approximate surface area is 336 Å². The van der Waals surface area contributed by atoms with Gasteiger partial charge in [-0.05, 0) is 12.8 Å². The molecule has 7 N–H and O–H groups in total. The van der Waals surface area contributed by atoms with E-state index < -0.39 is 61.5 Å². The average molecular weight is 788 g/mol. The fourth-order valence-corrected chi connectivity index (χ4v) is 7.70. The van der Waals surface area contributed by atoms with Crippen LogP contribution >= 0.6 is 0 Å². The second-order valence-electron chi connectivity index (χ2n) is 16.7. The number of aliphatic hydroxyl groups excluding tert-OH is 6. The van der Waals surface area contributed by atoms with E-state index in [4.69, 9.17) is 9.47 Å². The van der Waals surface area contributed by atoms with Gasteiger partial charge < -0.3 is 45.4 Å². The molecule has 10 nitrogen and oxygen atoms in total. The molecule has 0 bridgehead atoms. The lowest BCUT2D eigenvalue weighted by Gasteiger charge is -2.40. The lowest BCUT2D eigenvalue weighted by Crippen LogP contribution is -2.60. The van der Waals surface area contributed by atoms with E-state index in [1.54, 1.807) is 0 Å². The Balaban J connectivity index is 2.37. The number of rotatable bonds is 39. The number of unbranched alkanes of at least 4 members (excludes halogenated alkanes) is 28. The van der Waals surface area contributed by atoms with Crippen LogP contribution in [0.15, 0.2) is 0 Å². The summed E-state index contributed by atoms with van der Waals surface area (Å²) >= 11 is 0. The molecule has 1 heterocycles. The number of nitrogens with one attached hydrogen (secondary N) is 1. The monoisotopic (exact) mass is 788 g/mol. The SMILES string of the molecule is CCCCCCCCCCCCCCCCCCC(O)C(=O)NC(COC1OC(CO)C(O)C(O)C1O)C(O)CCCCCCCCCCCCCCCC. The van der Waals surface area contributed by atoms with Gasteiger partial charge in [-0.2, -0.15) is 0 Å². The summed E-state index contributed by atoms with van der Waals surface area (Å²) < 4.78 is 11.2. The fraction of sp³-hybridized carbons (Fsp3) is 0.978. The van der Waals surface area contributed by atoms with Crippen LogP contribution in [0.2, 0.25) is 0 Å². The summed E-state index contributed by atoms with van der Waals surface area (Å²) in [5.74, 6) is -0.580. The highest BCUT2D eigenvalue weighted by Gasteiger charge is 2.44. The average Bonchev–Trinajstić information content (AvgIpc) is 3.18. The zero-order valence-electron chi connectivity index (χ0n) is 35.6. The van der Waals surface area contributed by atoms with Crippen molar-refractivity contribution < 1.29 is 44.9 Å². The summed E-state index contributed by atoms with van der Waals surface area (Å²) in [4.78, 5) is 13.0. The number of carbonyl (C=O) groups is 1. The molecule has 8 unspecified atom stereocenters. The van der Waals surface area contributed by atoms with Gasteiger partial charge in [-0.3, -0.25) is 4.79 Å². The molecule has 1 amide bonds. The molecule has 10 heteroatoms. The third-order valence-corrected chi connectivity index (χ3v) is 11.6. The molecule has 1 fully saturated rings. The highest BCUT2D eigenvalue weighted by atomic mass is 16.7.